The molecule has 1 N–H and O–H groups in total. The second-order valence-corrected chi connectivity index (χ2v) is 6.14. The van der Waals surface area contributed by atoms with Gasteiger partial charge in [-0.1, -0.05) is 36.1 Å². The van der Waals surface area contributed by atoms with Crippen LogP contribution in [0.3, 0.4) is 0 Å². The summed E-state index contributed by atoms with van der Waals surface area (Å²) in [6, 6.07) is 9.49. The van der Waals surface area contributed by atoms with E-state index >= 15 is 0 Å². The predicted molar refractivity (Wildman–Crippen MR) is 78.1 cm³/mol. The molecule has 1 heterocycles. The second kappa shape index (κ2) is 5.06. The van der Waals surface area contributed by atoms with E-state index in [0.29, 0.717) is 5.57 Å². The lowest BCUT2D eigenvalue weighted by atomic mass is 9.92. The van der Waals surface area contributed by atoms with E-state index in [0.717, 1.165) is 10.6 Å². The third kappa shape index (κ3) is 2.64. The van der Waals surface area contributed by atoms with Gasteiger partial charge in [-0.05, 0) is 45.4 Å². The fourth-order valence-electron chi connectivity index (χ4n) is 2.62. The highest BCUT2D eigenvalue weighted by Crippen LogP contribution is 2.39. The maximum absolute atomic E-state index is 12.2. The lowest BCUT2D eigenvalue weighted by Gasteiger charge is -2.34. The van der Waals surface area contributed by atoms with Gasteiger partial charge in [-0.3, -0.25) is 0 Å². The first-order chi connectivity index (χ1) is 9.25. The Morgan fingerprint density at radius 3 is 2.25 bits per heavy atom. The van der Waals surface area contributed by atoms with E-state index in [-0.39, 0.29) is 0 Å². The summed E-state index contributed by atoms with van der Waals surface area (Å²) in [6.45, 7) is 7.31. The molecule has 1 atom stereocenters. The second-order valence-electron chi connectivity index (χ2n) is 6.14. The minimum absolute atomic E-state index is 0.617. The number of hydrogen-bond donors (Lipinski definition) is 1. The summed E-state index contributed by atoms with van der Waals surface area (Å²) < 4.78 is 0. The molecule has 3 heteroatoms. The van der Waals surface area contributed by atoms with Crippen molar-refractivity contribution in [2.45, 2.75) is 44.9 Å². The average Bonchev–Trinajstić information content (AvgIpc) is 2.57. The molecule has 1 aliphatic heterocycles. The molecule has 2 rings (SSSR count). The van der Waals surface area contributed by atoms with Crippen LogP contribution in [0.15, 0.2) is 42.0 Å². The molecule has 20 heavy (non-hydrogen) atoms. The summed E-state index contributed by atoms with van der Waals surface area (Å²) in [5.74, 6) is 5.77. The van der Waals surface area contributed by atoms with Crippen LogP contribution in [0.2, 0.25) is 0 Å². The number of rotatable bonds is 1. The molecular formula is C17H20NO2. The number of aliphatic hydroxyl groups excluding tert-OH is 1. The van der Waals surface area contributed by atoms with E-state index in [1.54, 1.807) is 0 Å². The van der Waals surface area contributed by atoms with Crippen LogP contribution >= 0.6 is 0 Å². The zero-order chi connectivity index (χ0) is 15.0. The molecule has 0 aliphatic carbocycles. The van der Waals surface area contributed by atoms with Crippen LogP contribution in [0.4, 0.5) is 0 Å². The number of nitrogens with zero attached hydrogens (tertiary/aromatic N) is 1. The zero-order valence-electron chi connectivity index (χ0n) is 12.3. The molecular weight excluding hydrogens is 250 g/mol. The zero-order valence-corrected chi connectivity index (χ0v) is 12.3. The minimum atomic E-state index is -0.927. The van der Waals surface area contributed by atoms with Crippen molar-refractivity contribution < 1.29 is 10.3 Å². The van der Waals surface area contributed by atoms with Crippen molar-refractivity contribution in [2.24, 2.45) is 0 Å². The molecule has 1 aromatic rings. The summed E-state index contributed by atoms with van der Waals surface area (Å²) in [7, 11) is 0. The van der Waals surface area contributed by atoms with Gasteiger partial charge in [0.1, 0.15) is 6.10 Å². The Labute approximate surface area is 120 Å². The molecule has 0 spiro atoms. The minimum Gasteiger partial charge on any atom is -0.376 e. The normalized spacial score (nSPS) is 21.8. The highest BCUT2D eigenvalue weighted by molar-refractivity contribution is 5.41. The van der Waals surface area contributed by atoms with Crippen LogP contribution in [-0.2, 0) is 5.21 Å². The smallest absolute Gasteiger partial charge is 0.138 e. The third-order valence-electron chi connectivity index (χ3n) is 3.67. The first-order valence-electron chi connectivity index (χ1n) is 6.70. The van der Waals surface area contributed by atoms with Gasteiger partial charge in [-0.2, -0.15) is 0 Å². The Morgan fingerprint density at radius 1 is 1.15 bits per heavy atom. The summed E-state index contributed by atoms with van der Waals surface area (Å²) in [6.07, 6.45) is 0.896. The molecule has 0 amide bonds. The van der Waals surface area contributed by atoms with E-state index in [4.69, 9.17) is 0 Å². The van der Waals surface area contributed by atoms with Crippen molar-refractivity contribution in [1.82, 2.24) is 5.06 Å². The van der Waals surface area contributed by atoms with Gasteiger partial charge in [0.15, 0.2) is 0 Å². The molecule has 1 aliphatic rings. The Kier molecular flexibility index (Phi) is 3.75. The highest BCUT2D eigenvalue weighted by Gasteiger charge is 2.48. The molecule has 1 radical (unpaired) electrons. The number of hydroxylamine groups is 2. The van der Waals surface area contributed by atoms with Gasteiger partial charge in [0, 0.05) is 5.56 Å². The molecule has 1 unspecified atom stereocenters. The fourth-order valence-corrected chi connectivity index (χ4v) is 2.62. The SMILES string of the molecule is CC1(C)C=C(C(O)C#Cc2ccccc2)C(C)(C)N1[O]. The van der Waals surface area contributed by atoms with Crippen molar-refractivity contribution in [3.8, 4) is 11.8 Å². The number of benzene rings is 1. The van der Waals surface area contributed by atoms with Crippen LogP contribution in [-0.4, -0.2) is 27.4 Å². The maximum Gasteiger partial charge on any atom is 0.138 e. The Balaban J connectivity index is 2.27. The van der Waals surface area contributed by atoms with Crippen molar-refractivity contribution in [3.63, 3.8) is 0 Å². The highest BCUT2D eigenvalue weighted by atomic mass is 16.5. The molecule has 0 bridgehead atoms. The predicted octanol–water partition coefficient (Wildman–Crippen LogP) is 2.54. The van der Waals surface area contributed by atoms with Gasteiger partial charge in [0.05, 0.1) is 11.1 Å². The molecule has 0 aromatic heterocycles. The molecule has 105 valence electrons. The van der Waals surface area contributed by atoms with Crippen molar-refractivity contribution in [3.05, 3.63) is 47.5 Å². The van der Waals surface area contributed by atoms with Crippen LogP contribution in [0.25, 0.3) is 0 Å². The standard InChI is InChI=1S/C17H20NO2/c1-16(2)12-14(17(3,4)18(16)20)15(19)11-10-13-8-6-5-7-9-13/h5-9,12,15,19H,1-4H3. The van der Waals surface area contributed by atoms with Gasteiger partial charge in [-0.25, -0.2) is 0 Å². The van der Waals surface area contributed by atoms with Gasteiger partial charge in [0.2, 0.25) is 0 Å². The summed E-state index contributed by atoms with van der Waals surface area (Å²) >= 11 is 0. The van der Waals surface area contributed by atoms with E-state index in [1.807, 2.05) is 64.1 Å². The van der Waals surface area contributed by atoms with Gasteiger partial charge >= 0.3 is 0 Å². The first kappa shape index (κ1) is 14.8. The Morgan fingerprint density at radius 2 is 1.75 bits per heavy atom. The van der Waals surface area contributed by atoms with Crippen molar-refractivity contribution in [1.29, 1.82) is 0 Å². The Hall–Kier alpha value is -1.60. The first-order valence-corrected chi connectivity index (χ1v) is 6.70. The molecule has 3 nitrogen and oxygen atoms in total. The average molecular weight is 270 g/mol. The van der Waals surface area contributed by atoms with Crippen LogP contribution in [0.1, 0.15) is 33.3 Å². The number of aliphatic hydroxyl groups is 1. The lowest BCUT2D eigenvalue weighted by molar-refractivity contribution is -0.239. The Bertz CT molecular complexity index is 576. The summed E-state index contributed by atoms with van der Waals surface area (Å²) in [5.41, 5.74) is 0.157. The largest absolute Gasteiger partial charge is 0.376 e. The van der Waals surface area contributed by atoms with Gasteiger partial charge in [0.25, 0.3) is 0 Å². The molecule has 0 saturated carbocycles. The van der Waals surface area contributed by atoms with Crippen LogP contribution in [0, 0.1) is 11.8 Å². The maximum atomic E-state index is 12.2. The fraction of sp³-hybridized carbons (Fsp3) is 0.412. The van der Waals surface area contributed by atoms with E-state index in [9.17, 15) is 10.3 Å². The van der Waals surface area contributed by atoms with E-state index in [2.05, 4.69) is 11.8 Å². The van der Waals surface area contributed by atoms with E-state index in [1.165, 1.54) is 0 Å². The number of hydrogen-bond acceptors (Lipinski definition) is 2. The topological polar surface area (TPSA) is 43.4 Å². The molecule has 0 saturated heterocycles. The molecule has 0 fully saturated rings. The lowest BCUT2D eigenvalue weighted by Crippen LogP contribution is -2.47. The third-order valence-corrected chi connectivity index (χ3v) is 3.67. The van der Waals surface area contributed by atoms with Crippen molar-refractivity contribution in [2.75, 3.05) is 0 Å². The van der Waals surface area contributed by atoms with Gasteiger partial charge in [-0.15, -0.1) is 10.3 Å². The summed E-state index contributed by atoms with van der Waals surface area (Å²) in [5, 5.41) is 23.5. The van der Waals surface area contributed by atoms with Crippen molar-refractivity contribution >= 4 is 0 Å². The summed E-state index contributed by atoms with van der Waals surface area (Å²) in [4.78, 5) is 0. The van der Waals surface area contributed by atoms with E-state index < -0.39 is 17.2 Å². The molecule has 1 aromatic carbocycles. The van der Waals surface area contributed by atoms with Crippen LogP contribution in [0.5, 0.6) is 0 Å². The van der Waals surface area contributed by atoms with Crippen LogP contribution < -0.4 is 0 Å². The quantitative estimate of drug-likeness (QED) is 0.629. The van der Waals surface area contributed by atoms with Gasteiger partial charge < -0.3 is 5.11 Å². The monoisotopic (exact) mass is 270 g/mol.